The molecule has 0 aliphatic rings. The second-order valence-electron chi connectivity index (χ2n) is 3.95. The fraction of sp³-hybridized carbons (Fsp3) is 0.500. The molecule has 18 heavy (non-hydrogen) atoms. The third-order valence-electron chi connectivity index (χ3n) is 2.80. The minimum Gasteiger partial charge on any atom is -0.497 e. The van der Waals surface area contributed by atoms with Crippen molar-refractivity contribution in [3.63, 3.8) is 0 Å². The molecule has 0 fully saturated rings. The number of hydrogen-bond donors (Lipinski definition) is 0. The number of thioether (sulfide) groups is 1. The molecule has 1 aromatic rings. The molecule has 0 aliphatic carbocycles. The van der Waals surface area contributed by atoms with E-state index in [0.29, 0.717) is 0 Å². The van der Waals surface area contributed by atoms with E-state index >= 15 is 0 Å². The zero-order valence-electron chi connectivity index (χ0n) is 11.5. The predicted octanol–water partition coefficient (Wildman–Crippen LogP) is 3.04. The molecule has 0 bridgehead atoms. The Hall–Kier alpha value is -1.16. The third-order valence-corrected chi connectivity index (χ3v) is 3.89. The van der Waals surface area contributed by atoms with Gasteiger partial charge in [0.2, 0.25) is 5.91 Å². The van der Waals surface area contributed by atoms with Gasteiger partial charge in [-0.05, 0) is 45.0 Å². The summed E-state index contributed by atoms with van der Waals surface area (Å²) in [4.78, 5) is 15.1. The second kappa shape index (κ2) is 7.31. The molecule has 0 saturated heterocycles. The van der Waals surface area contributed by atoms with Crippen LogP contribution in [0.5, 0.6) is 5.75 Å². The van der Waals surface area contributed by atoms with Gasteiger partial charge in [-0.25, -0.2) is 0 Å². The van der Waals surface area contributed by atoms with Crippen molar-refractivity contribution < 1.29 is 9.53 Å². The molecule has 4 heteroatoms. The average molecular weight is 267 g/mol. The maximum atomic E-state index is 12.1. The van der Waals surface area contributed by atoms with Crippen molar-refractivity contribution in [2.45, 2.75) is 30.9 Å². The molecule has 1 rings (SSSR count). The summed E-state index contributed by atoms with van der Waals surface area (Å²) in [5, 5.41) is -0.0571. The van der Waals surface area contributed by atoms with Gasteiger partial charge in [0, 0.05) is 18.0 Å². The summed E-state index contributed by atoms with van der Waals surface area (Å²) in [6.07, 6.45) is 0. The van der Waals surface area contributed by atoms with Crippen LogP contribution in [0.4, 0.5) is 0 Å². The fourth-order valence-corrected chi connectivity index (χ4v) is 2.65. The molecule has 3 nitrogen and oxygen atoms in total. The lowest BCUT2D eigenvalue weighted by Crippen LogP contribution is -2.36. The summed E-state index contributed by atoms with van der Waals surface area (Å²) in [7, 11) is 1.65. The highest BCUT2D eigenvalue weighted by Crippen LogP contribution is 2.26. The minimum atomic E-state index is -0.0571. The largest absolute Gasteiger partial charge is 0.497 e. The Morgan fingerprint density at radius 2 is 1.83 bits per heavy atom. The maximum absolute atomic E-state index is 12.1. The van der Waals surface area contributed by atoms with Crippen LogP contribution in [0.15, 0.2) is 29.2 Å². The Balaban J connectivity index is 2.62. The number of carbonyl (C=O) groups excluding carboxylic acids is 1. The number of nitrogens with zero attached hydrogens (tertiary/aromatic N) is 1. The van der Waals surface area contributed by atoms with Crippen LogP contribution in [0.25, 0.3) is 0 Å². The lowest BCUT2D eigenvalue weighted by atomic mass is 10.3. The Morgan fingerprint density at radius 3 is 2.28 bits per heavy atom. The number of ether oxygens (including phenoxy) is 1. The normalized spacial score (nSPS) is 12.0. The van der Waals surface area contributed by atoms with Gasteiger partial charge in [0.05, 0.1) is 12.4 Å². The van der Waals surface area contributed by atoms with Crippen LogP contribution in [-0.4, -0.2) is 36.3 Å². The highest BCUT2D eigenvalue weighted by atomic mass is 32.2. The standard InChI is InChI=1S/C14H21NO2S/c1-5-15(6-2)14(16)11(3)18-13-9-7-12(17-4)8-10-13/h7-11H,5-6H2,1-4H3. The van der Waals surface area contributed by atoms with Crippen LogP contribution >= 0.6 is 11.8 Å². The molecule has 0 spiro atoms. The van der Waals surface area contributed by atoms with E-state index in [2.05, 4.69) is 0 Å². The number of benzene rings is 1. The first-order valence-corrected chi connectivity index (χ1v) is 7.09. The van der Waals surface area contributed by atoms with E-state index in [-0.39, 0.29) is 11.2 Å². The molecule has 0 heterocycles. The maximum Gasteiger partial charge on any atom is 0.235 e. The van der Waals surface area contributed by atoms with E-state index in [1.165, 1.54) is 0 Å². The lowest BCUT2D eigenvalue weighted by Gasteiger charge is -2.22. The minimum absolute atomic E-state index is 0.0571. The van der Waals surface area contributed by atoms with Crippen LogP contribution in [0.1, 0.15) is 20.8 Å². The fourth-order valence-electron chi connectivity index (χ4n) is 1.70. The number of hydrogen-bond acceptors (Lipinski definition) is 3. The van der Waals surface area contributed by atoms with E-state index in [1.807, 2.05) is 49.9 Å². The molecule has 0 radical (unpaired) electrons. The molecular weight excluding hydrogens is 246 g/mol. The molecule has 0 aliphatic heterocycles. The Bertz CT molecular complexity index is 374. The van der Waals surface area contributed by atoms with Gasteiger partial charge in [0.25, 0.3) is 0 Å². The smallest absolute Gasteiger partial charge is 0.235 e. The van der Waals surface area contributed by atoms with Crippen molar-refractivity contribution in [3.8, 4) is 5.75 Å². The van der Waals surface area contributed by atoms with Crippen LogP contribution in [0.3, 0.4) is 0 Å². The molecule has 1 atom stereocenters. The van der Waals surface area contributed by atoms with Gasteiger partial charge in [-0.1, -0.05) is 0 Å². The van der Waals surface area contributed by atoms with Crippen molar-refractivity contribution in [1.82, 2.24) is 4.90 Å². The molecule has 0 aromatic heterocycles. The lowest BCUT2D eigenvalue weighted by molar-refractivity contribution is -0.129. The third kappa shape index (κ3) is 3.95. The van der Waals surface area contributed by atoms with E-state index in [0.717, 1.165) is 23.7 Å². The summed E-state index contributed by atoms with van der Waals surface area (Å²) in [6.45, 7) is 7.50. The topological polar surface area (TPSA) is 29.5 Å². The van der Waals surface area contributed by atoms with Crippen molar-refractivity contribution in [2.24, 2.45) is 0 Å². The van der Waals surface area contributed by atoms with Gasteiger partial charge in [-0.2, -0.15) is 0 Å². The Morgan fingerprint density at radius 1 is 1.28 bits per heavy atom. The predicted molar refractivity (Wildman–Crippen MR) is 76.2 cm³/mol. The molecule has 1 amide bonds. The zero-order chi connectivity index (χ0) is 13.5. The van der Waals surface area contributed by atoms with E-state index < -0.39 is 0 Å². The average Bonchev–Trinajstić information content (AvgIpc) is 2.40. The molecular formula is C14H21NO2S. The van der Waals surface area contributed by atoms with Gasteiger partial charge in [0.1, 0.15) is 5.75 Å². The van der Waals surface area contributed by atoms with E-state index in [4.69, 9.17) is 4.74 Å². The summed E-state index contributed by atoms with van der Waals surface area (Å²) in [5.74, 6) is 1.03. The Labute approximate surface area is 114 Å². The Kier molecular flexibility index (Phi) is 6.05. The van der Waals surface area contributed by atoms with E-state index in [1.54, 1.807) is 18.9 Å². The molecule has 100 valence electrons. The zero-order valence-corrected chi connectivity index (χ0v) is 12.3. The van der Waals surface area contributed by atoms with Crippen molar-refractivity contribution in [1.29, 1.82) is 0 Å². The molecule has 0 saturated carbocycles. The monoisotopic (exact) mass is 267 g/mol. The van der Waals surface area contributed by atoms with Gasteiger partial charge in [-0.15, -0.1) is 11.8 Å². The highest BCUT2D eigenvalue weighted by molar-refractivity contribution is 8.00. The number of rotatable bonds is 6. The highest BCUT2D eigenvalue weighted by Gasteiger charge is 2.18. The number of amides is 1. The SMILES string of the molecule is CCN(CC)C(=O)C(C)Sc1ccc(OC)cc1. The van der Waals surface area contributed by atoms with Crippen LogP contribution in [0, 0.1) is 0 Å². The summed E-state index contributed by atoms with van der Waals surface area (Å²) < 4.78 is 5.11. The molecule has 0 N–H and O–H groups in total. The van der Waals surface area contributed by atoms with Gasteiger partial charge < -0.3 is 9.64 Å². The van der Waals surface area contributed by atoms with Crippen LogP contribution < -0.4 is 4.74 Å². The summed E-state index contributed by atoms with van der Waals surface area (Å²) >= 11 is 1.58. The first kappa shape index (κ1) is 14.9. The molecule has 1 aromatic carbocycles. The van der Waals surface area contributed by atoms with Gasteiger partial charge in [0.15, 0.2) is 0 Å². The van der Waals surface area contributed by atoms with Crippen LogP contribution in [0.2, 0.25) is 0 Å². The quantitative estimate of drug-likeness (QED) is 0.742. The number of carbonyl (C=O) groups is 1. The first-order valence-electron chi connectivity index (χ1n) is 6.21. The first-order chi connectivity index (χ1) is 8.62. The second-order valence-corrected chi connectivity index (χ2v) is 5.36. The van der Waals surface area contributed by atoms with Gasteiger partial charge >= 0.3 is 0 Å². The summed E-state index contributed by atoms with van der Waals surface area (Å²) in [6, 6.07) is 7.79. The van der Waals surface area contributed by atoms with Crippen molar-refractivity contribution in [2.75, 3.05) is 20.2 Å². The van der Waals surface area contributed by atoms with Gasteiger partial charge in [-0.3, -0.25) is 4.79 Å². The number of methoxy groups -OCH3 is 1. The molecule has 1 unspecified atom stereocenters. The van der Waals surface area contributed by atoms with Crippen LogP contribution in [-0.2, 0) is 4.79 Å². The van der Waals surface area contributed by atoms with Crippen molar-refractivity contribution in [3.05, 3.63) is 24.3 Å². The summed E-state index contributed by atoms with van der Waals surface area (Å²) in [5.41, 5.74) is 0. The van der Waals surface area contributed by atoms with E-state index in [9.17, 15) is 4.79 Å². The van der Waals surface area contributed by atoms with Crippen molar-refractivity contribution >= 4 is 17.7 Å².